The molecule has 2 saturated carbocycles. The molecule has 2 N–H and O–H groups in total. The predicted octanol–water partition coefficient (Wildman–Crippen LogP) is 3.19. The molecule has 0 unspecified atom stereocenters. The van der Waals surface area contributed by atoms with Crippen LogP contribution in [0.2, 0.25) is 5.02 Å². The summed E-state index contributed by atoms with van der Waals surface area (Å²) in [5, 5.41) is 13.0. The number of rotatable bonds is 3. The highest BCUT2D eigenvalue weighted by Crippen LogP contribution is 2.72. The number of carboxylic acids is 1. The lowest BCUT2D eigenvalue weighted by atomic mass is 9.82. The van der Waals surface area contributed by atoms with Gasteiger partial charge >= 0.3 is 5.97 Å². The third-order valence-electron chi connectivity index (χ3n) is 5.54. The van der Waals surface area contributed by atoms with Crippen LogP contribution < -0.4 is 5.32 Å². The van der Waals surface area contributed by atoms with Gasteiger partial charge in [-0.2, -0.15) is 0 Å². The zero-order valence-electron chi connectivity index (χ0n) is 11.8. The van der Waals surface area contributed by atoms with Crippen LogP contribution >= 0.6 is 11.6 Å². The van der Waals surface area contributed by atoms with Crippen molar-refractivity contribution in [1.29, 1.82) is 0 Å². The summed E-state index contributed by atoms with van der Waals surface area (Å²) >= 11 is 5.84. The molecular weight excluding hydrogens is 302 g/mol. The van der Waals surface area contributed by atoms with Gasteiger partial charge in [-0.1, -0.05) is 23.8 Å². The van der Waals surface area contributed by atoms with Gasteiger partial charge in [0.15, 0.2) is 0 Å². The van der Waals surface area contributed by atoms with Crippen LogP contribution in [0.25, 0.3) is 0 Å². The molecule has 22 heavy (non-hydrogen) atoms. The number of hydrogen-bond acceptors (Lipinski definition) is 2. The first-order chi connectivity index (χ1) is 10.5. The molecule has 1 amide bonds. The Balaban J connectivity index is 1.60. The van der Waals surface area contributed by atoms with Crippen molar-refractivity contribution in [2.75, 3.05) is 5.32 Å². The minimum Gasteiger partial charge on any atom is -0.481 e. The fourth-order valence-electron chi connectivity index (χ4n) is 4.45. The van der Waals surface area contributed by atoms with E-state index < -0.39 is 17.8 Å². The van der Waals surface area contributed by atoms with Crippen LogP contribution in [0.3, 0.4) is 0 Å². The van der Waals surface area contributed by atoms with Crippen LogP contribution in [0.15, 0.2) is 36.4 Å². The summed E-state index contributed by atoms with van der Waals surface area (Å²) in [6, 6.07) is 6.86. The SMILES string of the molecule is O=C(O)[C@@H]1[C@H](C(=O)Nc2ccc(Cl)cc2)[C@H]2C=C[C@@H]1C21CC1. The molecule has 4 atom stereocenters. The predicted molar refractivity (Wildman–Crippen MR) is 82.5 cm³/mol. The summed E-state index contributed by atoms with van der Waals surface area (Å²) in [4.78, 5) is 24.4. The summed E-state index contributed by atoms with van der Waals surface area (Å²) in [5.41, 5.74) is 0.695. The topological polar surface area (TPSA) is 66.4 Å². The van der Waals surface area contributed by atoms with Crippen molar-refractivity contribution in [3.63, 3.8) is 0 Å². The molecule has 114 valence electrons. The minimum absolute atomic E-state index is 0.0102. The van der Waals surface area contributed by atoms with Crippen molar-refractivity contribution >= 4 is 29.2 Å². The number of nitrogens with one attached hydrogen (secondary N) is 1. The van der Waals surface area contributed by atoms with Crippen molar-refractivity contribution in [3.05, 3.63) is 41.4 Å². The molecule has 3 aliphatic rings. The number of benzene rings is 1. The second kappa shape index (κ2) is 4.59. The average Bonchev–Trinajstić information content (AvgIpc) is 3.15. The molecule has 2 bridgehead atoms. The van der Waals surface area contributed by atoms with E-state index in [1.807, 2.05) is 6.08 Å². The van der Waals surface area contributed by atoms with Gasteiger partial charge in [0, 0.05) is 10.7 Å². The number of carbonyl (C=O) groups excluding carboxylic acids is 1. The van der Waals surface area contributed by atoms with Crippen molar-refractivity contribution in [3.8, 4) is 0 Å². The molecule has 0 aliphatic heterocycles. The number of anilines is 1. The van der Waals surface area contributed by atoms with Gasteiger partial charge in [0.05, 0.1) is 11.8 Å². The maximum Gasteiger partial charge on any atom is 0.307 e. The number of allylic oxidation sites excluding steroid dienone is 2. The summed E-state index contributed by atoms with van der Waals surface area (Å²) < 4.78 is 0. The molecule has 1 aromatic carbocycles. The summed E-state index contributed by atoms with van der Waals surface area (Å²) in [7, 11) is 0. The molecule has 1 aromatic rings. The summed E-state index contributed by atoms with van der Waals surface area (Å²) in [6.07, 6.45) is 6.14. The van der Waals surface area contributed by atoms with Crippen LogP contribution in [0.5, 0.6) is 0 Å². The number of amides is 1. The van der Waals surface area contributed by atoms with Gasteiger partial charge in [-0.3, -0.25) is 9.59 Å². The van der Waals surface area contributed by atoms with Crippen molar-refractivity contribution < 1.29 is 14.7 Å². The molecule has 5 heteroatoms. The Hall–Kier alpha value is -1.81. The van der Waals surface area contributed by atoms with E-state index in [0.29, 0.717) is 10.7 Å². The number of aliphatic carboxylic acids is 1. The number of halogens is 1. The second-order valence-electron chi connectivity index (χ2n) is 6.56. The van der Waals surface area contributed by atoms with Gasteiger partial charge in [-0.05, 0) is 54.4 Å². The monoisotopic (exact) mass is 317 g/mol. The van der Waals surface area contributed by atoms with E-state index in [0.717, 1.165) is 12.8 Å². The summed E-state index contributed by atoms with van der Waals surface area (Å²) in [5.74, 6) is -2.07. The van der Waals surface area contributed by atoms with Crippen molar-refractivity contribution in [2.24, 2.45) is 29.1 Å². The molecule has 4 nitrogen and oxygen atoms in total. The first-order valence-electron chi connectivity index (χ1n) is 7.50. The van der Waals surface area contributed by atoms with Gasteiger partial charge in [-0.15, -0.1) is 0 Å². The van der Waals surface area contributed by atoms with E-state index in [-0.39, 0.29) is 23.2 Å². The van der Waals surface area contributed by atoms with Crippen LogP contribution in [-0.2, 0) is 9.59 Å². The highest BCUT2D eigenvalue weighted by molar-refractivity contribution is 6.30. The normalized spacial score (nSPS) is 33.1. The Morgan fingerprint density at radius 1 is 1.09 bits per heavy atom. The van der Waals surface area contributed by atoms with Crippen LogP contribution in [-0.4, -0.2) is 17.0 Å². The Kier molecular flexibility index (Phi) is 2.89. The Labute approximate surface area is 133 Å². The Bertz CT molecular complexity index is 678. The molecule has 0 radical (unpaired) electrons. The highest BCUT2D eigenvalue weighted by Gasteiger charge is 2.70. The van der Waals surface area contributed by atoms with E-state index in [2.05, 4.69) is 11.4 Å². The molecule has 0 heterocycles. The van der Waals surface area contributed by atoms with E-state index in [1.165, 1.54) is 0 Å². The molecule has 1 spiro atoms. The number of carbonyl (C=O) groups is 2. The lowest BCUT2D eigenvalue weighted by molar-refractivity contribution is -0.146. The third kappa shape index (κ3) is 1.83. The van der Waals surface area contributed by atoms with E-state index in [9.17, 15) is 14.7 Å². The maximum atomic E-state index is 12.7. The van der Waals surface area contributed by atoms with Crippen LogP contribution in [0.1, 0.15) is 12.8 Å². The van der Waals surface area contributed by atoms with Gasteiger partial charge in [0.1, 0.15) is 0 Å². The largest absolute Gasteiger partial charge is 0.481 e. The van der Waals surface area contributed by atoms with Crippen LogP contribution in [0, 0.1) is 29.1 Å². The Morgan fingerprint density at radius 2 is 1.68 bits per heavy atom. The first kappa shape index (κ1) is 13.8. The van der Waals surface area contributed by atoms with E-state index in [1.54, 1.807) is 24.3 Å². The quantitative estimate of drug-likeness (QED) is 0.841. The lowest BCUT2D eigenvalue weighted by Gasteiger charge is -2.23. The maximum absolute atomic E-state index is 12.7. The van der Waals surface area contributed by atoms with Gasteiger partial charge in [0.25, 0.3) is 0 Å². The van der Waals surface area contributed by atoms with Crippen molar-refractivity contribution in [2.45, 2.75) is 12.8 Å². The zero-order valence-corrected chi connectivity index (χ0v) is 12.6. The average molecular weight is 318 g/mol. The van der Waals surface area contributed by atoms with E-state index >= 15 is 0 Å². The highest BCUT2D eigenvalue weighted by atomic mass is 35.5. The fraction of sp³-hybridized carbons (Fsp3) is 0.412. The molecule has 4 rings (SSSR count). The smallest absolute Gasteiger partial charge is 0.307 e. The van der Waals surface area contributed by atoms with Gasteiger partial charge in [-0.25, -0.2) is 0 Å². The van der Waals surface area contributed by atoms with Gasteiger partial charge < -0.3 is 10.4 Å². The lowest BCUT2D eigenvalue weighted by Crippen LogP contribution is -2.36. The zero-order chi connectivity index (χ0) is 15.5. The Morgan fingerprint density at radius 3 is 2.23 bits per heavy atom. The standard InChI is InChI=1S/C17H16ClNO3/c18-9-1-3-10(4-2-9)19-15(20)13-11-5-6-12(14(13)16(21)22)17(11)7-8-17/h1-6,11-14H,7-8H2,(H,19,20)(H,21,22)/t11-,12+,13-,14+/m1/s1. The van der Waals surface area contributed by atoms with E-state index in [4.69, 9.17) is 11.6 Å². The minimum atomic E-state index is -0.862. The molecule has 0 aromatic heterocycles. The first-order valence-corrected chi connectivity index (χ1v) is 7.88. The summed E-state index contributed by atoms with van der Waals surface area (Å²) in [6.45, 7) is 0. The number of hydrogen-bond donors (Lipinski definition) is 2. The third-order valence-corrected chi connectivity index (χ3v) is 5.79. The fourth-order valence-corrected chi connectivity index (χ4v) is 4.58. The molecule has 0 saturated heterocycles. The number of carboxylic acid groups (broad SMARTS) is 1. The molecule has 2 fully saturated rings. The van der Waals surface area contributed by atoms with Crippen molar-refractivity contribution in [1.82, 2.24) is 0 Å². The second-order valence-corrected chi connectivity index (χ2v) is 6.99. The molecule has 3 aliphatic carbocycles. The molecular formula is C17H16ClNO3. The van der Waals surface area contributed by atoms with Crippen LogP contribution in [0.4, 0.5) is 5.69 Å². The van der Waals surface area contributed by atoms with Gasteiger partial charge in [0.2, 0.25) is 5.91 Å².